The fourth-order valence-electron chi connectivity index (χ4n) is 2.80. The van der Waals surface area contributed by atoms with Gasteiger partial charge in [-0.05, 0) is 24.3 Å². The molecule has 3 rings (SSSR count). The molecule has 0 aromatic heterocycles. The number of carbonyl (C=O) groups is 1. The molecule has 1 fully saturated rings. The smallest absolute Gasteiger partial charge is 0.257 e. The van der Waals surface area contributed by atoms with Gasteiger partial charge in [-0.1, -0.05) is 24.3 Å². The predicted molar refractivity (Wildman–Crippen MR) is 106 cm³/mol. The van der Waals surface area contributed by atoms with E-state index in [4.69, 9.17) is 22.1 Å². The van der Waals surface area contributed by atoms with Crippen LogP contribution in [0.4, 0.5) is 17.1 Å². The molecule has 136 valence electrons. The van der Waals surface area contributed by atoms with E-state index in [1.165, 1.54) is 0 Å². The first-order valence-electron chi connectivity index (χ1n) is 8.40. The molecule has 1 amide bonds. The van der Waals surface area contributed by atoms with Crippen LogP contribution in [0.15, 0.2) is 53.5 Å². The molecule has 26 heavy (non-hydrogen) atoms. The summed E-state index contributed by atoms with van der Waals surface area (Å²) in [7, 11) is 0. The number of hydrogen-bond acceptors (Lipinski definition) is 4. The van der Waals surface area contributed by atoms with E-state index in [1.807, 2.05) is 24.3 Å². The van der Waals surface area contributed by atoms with Crippen LogP contribution in [0.3, 0.4) is 0 Å². The summed E-state index contributed by atoms with van der Waals surface area (Å²) in [5, 5.41) is 2.99. The summed E-state index contributed by atoms with van der Waals surface area (Å²) in [5.41, 5.74) is 8.38. The molecule has 3 N–H and O–H groups in total. The number of aliphatic imine (C=N–C) groups is 1. The third-order valence-electron chi connectivity index (χ3n) is 4.05. The van der Waals surface area contributed by atoms with E-state index in [0.717, 1.165) is 24.5 Å². The van der Waals surface area contributed by atoms with Gasteiger partial charge in [-0.25, -0.2) is 4.99 Å². The van der Waals surface area contributed by atoms with Gasteiger partial charge in [0.1, 0.15) is 5.84 Å². The Morgan fingerprint density at radius 2 is 1.85 bits per heavy atom. The van der Waals surface area contributed by atoms with E-state index >= 15 is 0 Å². The Balaban J connectivity index is 1.85. The number of ether oxygens (including phenoxy) is 1. The fourth-order valence-corrected chi connectivity index (χ4v) is 2.86. The molecule has 7 heteroatoms. The van der Waals surface area contributed by atoms with Crippen LogP contribution in [0.25, 0.3) is 0 Å². The van der Waals surface area contributed by atoms with Crippen molar-refractivity contribution in [2.75, 3.05) is 42.4 Å². The Kier molecular flexibility index (Phi) is 6.09. The van der Waals surface area contributed by atoms with Crippen LogP contribution in [0.5, 0.6) is 0 Å². The molecule has 0 atom stereocenters. The molecule has 2 aromatic rings. The summed E-state index contributed by atoms with van der Waals surface area (Å²) < 4.78 is 5.41. The molecule has 2 aromatic carbocycles. The molecule has 0 unspecified atom stereocenters. The number of amidine groups is 1. The van der Waals surface area contributed by atoms with Gasteiger partial charge in [0.2, 0.25) is 0 Å². The lowest BCUT2D eigenvalue weighted by molar-refractivity contribution is 0.102. The first-order valence-corrected chi connectivity index (χ1v) is 8.93. The molecule has 6 nitrogen and oxygen atoms in total. The lowest BCUT2D eigenvalue weighted by Gasteiger charge is -2.30. The summed E-state index contributed by atoms with van der Waals surface area (Å²) in [6, 6.07) is 14.8. The molecule has 1 saturated heterocycles. The number of nitrogens with two attached hydrogens (primary N) is 1. The normalized spacial score (nSPS) is 15.0. The Hall–Kier alpha value is -2.57. The minimum atomic E-state index is -0.243. The van der Waals surface area contributed by atoms with E-state index in [9.17, 15) is 4.79 Å². The zero-order valence-electron chi connectivity index (χ0n) is 14.3. The number of benzene rings is 2. The van der Waals surface area contributed by atoms with Crippen molar-refractivity contribution in [1.82, 2.24) is 0 Å². The van der Waals surface area contributed by atoms with Crippen LogP contribution >= 0.6 is 11.6 Å². The molecule has 1 aliphatic rings. The largest absolute Gasteiger partial charge is 0.386 e. The molecule has 0 aliphatic carbocycles. The molecule has 1 heterocycles. The maximum Gasteiger partial charge on any atom is 0.257 e. The highest BCUT2D eigenvalue weighted by molar-refractivity contribution is 6.28. The van der Waals surface area contributed by atoms with Crippen molar-refractivity contribution >= 4 is 40.4 Å². The number of hydrogen-bond donors (Lipinski definition) is 2. The molecular weight excluding hydrogens is 352 g/mol. The molecule has 0 bridgehead atoms. The highest BCUT2D eigenvalue weighted by atomic mass is 35.5. The van der Waals surface area contributed by atoms with E-state index < -0.39 is 0 Å². The van der Waals surface area contributed by atoms with Crippen molar-refractivity contribution in [1.29, 1.82) is 0 Å². The zero-order chi connectivity index (χ0) is 18.4. The van der Waals surface area contributed by atoms with Gasteiger partial charge in [-0.3, -0.25) is 4.79 Å². The lowest BCUT2D eigenvalue weighted by atomic mass is 10.1. The predicted octanol–water partition coefficient (Wildman–Crippen LogP) is 3.00. The van der Waals surface area contributed by atoms with Crippen molar-refractivity contribution in [2.45, 2.75) is 0 Å². The SMILES string of the molecule is NC(CCl)=Nc1ccccc1C(=O)Nc1ccccc1N1CCOCC1. The highest BCUT2D eigenvalue weighted by Gasteiger charge is 2.17. The van der Waals surface area contributed by atoms with E-state index in [0.29, 0.717) is 24.5 Å². The van der Waals surface area contributed by atoms with Gasteiger partial charge in [0, 0.05) is 13.1 Å². The average Bonchev–Trinajstić information content (AvgIpc) is 2.69. The van der Waals surface area contributed by atoms with Crippen LogP contribution in [-0.2, 0) is 4.74 Å². The van der Waals surface area contributed by atoms with Crippen LogP contribution in [-0.4, -0.2) is 43.9 Å². The number of carbonyl (C=O) groups excluding carboxylic acids is 1. The summed E-state index contributed by atoms with van der Waals surface area (Å²) in [4.78, 5) is 19.3. The first-order chi connectivity index (χ1) is 12.7. The van der Waals surface area contributed by atoms with E-state index in [1.54, 1.807) is 24.3 Å². The van der Waals surface area contributed by atoms with Gasteiger partial charge in [0.15, 0.2) is 0 Å². The number of halogens is 1. The summed E-state index contributed by atoms with van der Waals surface area (Å²) in [5.74, 6) is 0.128. The molecule has 0 saturated carbocycles. The fraction of sp³-hybridized carbons (Fsp3) is 0.263. The second-order valence-corrected chi connectivity index (χ2v) is 6.09. The number of amides is 1. The number of rotatable bonds is 5. The Morgan fingerprint density at radius 3 is 2.62 bits per heavy atom. The van der Waals surface area contributed by atoms with Gasteiger partial charge in [-0.15, -0.1) is 11.6 Å². The summed E-state index contributed by atoms with van der Waals surface area (Å²) in [6.07, 6.45) is 0. The monoisotopic (exact) mass is 372 g/mol. The molecule has 1 aliphatic heterocycles. The minimum absolute atomic E-state index is 0.107. The number of morpholine rings is 1. The van der Waals surface area contributed by atoms with Crippen molar-refractivity contribution in [3.63, 3.8) is 0 Å². The first kappa shape index (κ1) is 18.2. The van der Waals surface area contributed by atoms with E-state index in [2.05, 4.69) is 15.2 Å². The van der Waals surface area contributed by atoms with Crippen molar-refractivity contribution in [3.8, 4) is 0 Å². The third kappa shape index (κ3) is 4.33. The minimum Gasteiger partial charge on any atom is -0.386 e. The van der Waals surface area contributed by atoms with Crippen LogP contribution < -0.4 is 16.0 Å². The van der Waals surface area contributed by atoms with Crippen LogP contribution in [0.2, 0.25) is 0 Å². The van der Waals surface area contributed by atoms with Crippen LogP contribution in [0, 0.1) is 0 Å². The van der Waals surface area contributed by atoms with Gasteiger partial charge in [-0.2, -0.15) is 0 Å². The highest BCUT2D eigenvalue weighted by Crippen LogP contribution is 2.28. The second-order valence-electron chi connectivity index (χ2n) is 5.82. The molecular formula is C19H21ClN4O2. The molecule has 0 radical (unpaired) electrons. The van der Waals surface area contributed by atoms with Crippen molar-refractivity contribution in [3.05, 3.63) is 54.1 Å². The number of para-hydroxylation sites is 3. The Labute approximate surface area is 157 Å². The van der Waals surface area contributed by atoms with Crippen molar-refractivity contribution in [2.24, 2.45) is 10.7 Å². The third-order valence-corrected chi connectivity index (χ3v) is 4.33. The zero-order valence-corrected chi connectivity index (χ0v) is 15.1. The number of nitrogens with one attached hydrogen (secondary N) is 1. The quantitative estimate of drug-likeness (QED) is 0.480. The average molecular weight is 373 g/mol. The topological polar surface area (TPSA) is 79.9 Å². The van der Waals surface area contributed by atoms with Gasteiger partial charge < -0.3 is 20.7 Å². The van der Waals surface area contributed by atoms with Crippen molar-refractivity contribution < 1.29 is 9.53 Å². The maximum absolute atomic E-state index is 12.8. The summed E-state index contributed by atoms with van der Waals surface area (Å²) >= 11 is 5.70. The Bertz CT molecular complexity index is 804. The molecule has 0 spiro atoms. The summed E-state index contributed by atoms with van der Waals surface area (Å²) in [6.45, 7) is 2.94. The van der Waals surface area contributed by atoms with Gasteiger partial charge in [0.25, 0.3) is 5.91 Å². The van der Waals surface area contributed by atoms with Crippen LogP contribution in [0.1, 0.15) is 10.4 Å². The maximum atomic E-state index is 12.8. The number of anilines is 2. The second kappa shape index (κ2) is 8.69. The van der Waals surface area contributed by atoms with E-state index in [-0.39, 0.29) is 17.6 Å². The number of alkyl halides is 1. The van der Waals surface area contributed by atoms with Gasteiger partial charge in [0.05, 0.1) is 41.7 Å². The number of nitrogens with zero attached hydrogens (tertiary/aromatic N) is 2. The standard InChI is InChI=1S/C19H21ClN4O2/c20-13-18(21)22-15-6-2-1-5-14(15)19(25)23-16-7-3-4-8-17(16)24-9-11-26-12-10-24/h1-8H,9-13H2,(H2,21,22)(H,23,25). The Morgan fingerprint density at radius 1 is 1.15 bits per heavy atom. The lowest BCUT2D eigenvalue weighted by Crippen LogP contribution is -2.36. The van der Waals surface area contributed by atoms with Gasteiger partial charge >= 0.3 is 0 Å².